The quantitative estimate of drug-likeness (QED) is 0.761. The van der Waals surface area contributed by atoms with Crippen LogP contribution in [0.4, 0.5) is 0 Å². The van der Waals surface area contributed by atoms with Crippen LogP contribution in [-0.4, -0.2) is 43.2 Å². The molecule has 1 atom stereocenters. The molecule has 1 fully saturated rings. The second-order valence-corrected chi connectivity index (χ2v) is 5.68. The zero-order chi connectivity index (χ0) is 13.5. The number of carbonyl (C=O) groups excluding carboxylic acids is 1. The number of carbonyl (C=O) groups is 1. The van der Waals surface area contributed by atoms with Crippen molar-refractivity contribution in [1.29, 1.82) is 0 Å². The fraction of sp³-hybridized carbons (Fsp3) is 0.692. The highest BCUT2D eigenvalue weighted by molar-refractivity contribution is 7.09. The Bertz CT molecular complexity index is 402. The van der Waals surface area contributed by atoms with E-state index < -0.39 is 0 Å². The highest BCUT2D eigenvalue weighted by Crippen LogP contribution is 2.10. The van der Waals surface area contributed by atoms with Gasteiger partial charge in [0, 0.05) is 37.1 Å². The molecule has 1 amide bonds. The number of morpholine rings is 1. The van der Waals surface area contributed by atoms with Gasteiger partial charge in [-0.2, -0.15) is 0 Å². The van der Waals surface area contributed by atoms with E-state index in [0.717, 1.165) is 36.6 Å². The molecule has 5 nitrogen and oxygen atoms in total. The van der Waals surface area contributed by atoms with Gasteiger partial charge in [-0.3, -0.25) is 4.79 Å². The average Bonchev–Trinajstić information content (AvgIpc) is 2.82. The van der Waals surface area contributed by atoms with Crippen molar-refractivity contribution in [2.24, 2.45) is 0 Å². The number of amides is 1. The molecule has 0 spiro atoms. The van der Waals surface area contributed by atoms with Gasteiger partial charge in [0.25, 0.3) is 0 Å². The van der Waals surface area contributed by atoms with Crippen LogP contribution >= 0.6 is 11.3 Å². The third kappa shape index (κ3) is 5.26. The third-order valence-electron chi connectivity index (χ3n) is 2.97. The molecule has 0 saturated carbocycles. The minimum Gasteiger partial charge on any atom is -0.375 e. The molecule has 2 rings (SSSR count). The first-order valence-electron chi connectivity index (χ1n) is 6.74. The molecule has 106 valence electrons. The van der Waals surface area contributed by atoms with Crippen LogP contribution in [0.2, 0.25) is 0 Å². The summed E-state index contributed by atoms with van der Waals surface area (Å²) in [7, 11) is 0. The first-order valence-corrected chi connectivity index (χ1v) is 7.62. The summed E-state index contributed by atoms with van der Waals surface area (Å²) in [6, 6.07) is 0. The van der Waals surface area contributed by atoms with Crippen molar-refractivity contribution in [3.8, 4) is 0 Å². The smallest absolute Gasteiger partial charge is 0.222 e. The Morgan fingerprint density at radius 2 is 2.58 bits per heavy atom. The van der Waals surface area contributed by atoms with Gasteiger partial charge in [-0.05, 0) is 13.3 Å². The number of aryl methyl sites for hydroxylation is 2. The Morgan fingerprint density at radius 1 is 1.68 bits per heavy atom. The van der Waals surface area contributed by atoms with E-state index in [9.17, 15) is 4.79 Å². The lowest BCUT2D eigenvalue weighted by molar-refractivity contribution is -0.124. The molecule has 1 aliphatic heterocycles. The van der Waals surface area contributed by atoms with E-state index in [-0.39, 0.29) is 12.0 Å². The third-order valence-corrected chi connectivity index (χ3v) is 4.00. The van der Waals surface area contributed by atoms with Crippen LogP contribution in [0.25, 0.3) is 0 Å². The number of nitrogens with one attached hydrogen (secondary N) is 2. The van der Waals surface area contributed by atoms with Crippen molar-refractivity contribution in [3.63, 3.8) is 0 Å². The van der Waals surface area contributed by atoms with Gasteiger partial charge in [-0.25, -0.2) is 4.98 Å². The summed E-state index contributed by atoms with van der Waals surface area (Å²) in [6.07, 6.45) is 2.34. The fourth-order valence-corrected chi connectivity index (χ4v) is 2.83. The normalized spacial score (nSPS) is 19.3. The predicted octanol–water partition coefficient (Wildman–Crippen LogP) is 0.879. The maximum Gasteiger partial charge on any atom is 0.222 e. The standard InChI is InChI=1S/C13H21N3O2S/c1-10-9-19-13(16-10)3-2-4-15-12(17)7-11-8-14-5-6-18-11/h9,11,14H,2-8H2,1H3,(H,15,17)/t11-/m0/s1. The number of hydrogen-bond acceptors (Lipinski definition) is 5. The van der Waals surface area contributed by atoms with Gasteiger partial charge < -0.3 is 15.4 Å². The maximum atomic E-state index is 11.7. The van der Waals surface area contributed by atoms with Crippen molar-refractivity contribution >= 4 is 17.2 Å². The first-order chi connectivity index (χ1) is 9.24. The van der Waals surface area contributed by atoms with Gasteiger partial charge in [0.05, 0.1) is 24.1 Å². The molecule has 2 N–H and O–H groups in total. The van der Waals surface area contributed by atoms with Gasteiger partial charge in [-0.15, -0.1) is 11.3 Å². The summed E-state index contributed by atoms with van der Waals surface area (Å²) >= 11 is 1.68. The van der Waals surface area contributed by atoms with Crippen molar-refractivity contribution in [2.75, 3.05) is 26.2 Å². The van der Waals surface area contributed by atoms with Crippen molar-refractivity contribution in [1.82, 2.24) is 15.6 Å². The average molecular weight is 283 g/mol. The Labute approximate surface area is 117 Å². The number of thiazole rings is 1. The maximum absolute atomic E-state index is 11.7. The number of ether oxygens (including phenoxy) is 1. The lowest BCUT2D eigenvalue weighted by Crippen LogP contribution is -2.41. The lowest BCUT2D eigenvalue weighted by Gasteiger charge is -2.23. The number of aromatic nitrogens is 1. The zero-order valence-electron chi connectivity index (χ0n) is 11.3. The summed E-state index contributed by atoms with van der Waals surface area (Å²) in [5, 5.41) is 9.36. The summed E-state index contributed by atoms with van der Waals surface area (Å²) < 4.78 is 5.50. The summed E-state index contributed by atoms with van der Waals surface area (Å²) in [5.74, 6) is 0.0732. The SMILES string of the molecule is Cc1csc(CCCNC(=O)C[C@H]2CNCCO2)n1. The molecule has 0 bridgehead atoms. The van der Waals surface area contributed by atoms with Gasteiger partial charge in [0.1, 0.15) is 0 Å². The molecule has 0 aliphatic carbocycles. The topological polar surface area (TPSA) is 63.2 Å². The van der Waals surface area contributed by atoms with Crippen LogP contribution in [-0.2, 0) is 16.0 Å². The second kappa shape index (κ2) is 7.57. The molecule has 0 radical (unpaired) electrons. The van der Waals surface area contributed by atoms with Crippen LogP contribution in [0.15, 0.2) is 5.38 Å². The molecule has 19 heavy (non-hydrogen) atoms. The number of nitrogens with zero attached hydrogens (tertiary/aromatic N) is 1. The van der Waals surface area contributed by atoms with Gasteiger partial charge >= 0.3 is 0 Å². The molecular formula is C13H21N3O2S. The van der Waals surface area contributed by atoms with Crippen LogP contribution in [0, 0.1) is 6.92 Å². The largest absolute Gasteiger partial charge is 0.375 e. The monoisotopic (exact) mass is 283 g/mol. The molecule has 1 aromatic rings. The molecule has 1 aliphatic rings. The van der Waals surface area contributed by atoms with E-state index in [1.54, 1.807) is 11.3 Å². The summed E-state index contributed by atoms with van der Waals surface area (Å²) in [5.41, 5.74) is 1.07. The lowest BCUT2D eigenvalue weighted by atomic mass is 10.2. The van der Waals surface area contributed by atoms with E-state index in [2.05, 4.69) is 21.0 Å². The molecule has 1 saturated heterocycles. The van der Waals surface area contributed by atoms with Crippen LogP contribution < -0.4 is 10.6 Å². The van der Waals surface area contributed by atoms with E-state index in [1.165, 1.54) is 0 Å². The zero-order valence-corrected chi connectivity index (χ0v) is 12.1. The highest BCUT2D eigenvalue weighted by atomic mass is 32.1. The van der Waals surface area contributed by atoms with Gasteiger partial charge in [-0.1, -0.05) is 0 Å². The first kappa shape index (κ1) is 14.4. The van der Waals surface area contributed by atoms with E-state index in [0.29, 0.717) is 19.6 Å². The molecule has 0 unspecified atom stereocenters. The van der Waals surface area contributed by atoms with E-state index in [4.69, 9.17) is 4.74 Å². The van der Waals surface area contributed by atoms with Gasteiger partial charge in [0.15, 0.2) is 0 Å². The van der Waals surface area contributed by atoms with Crippen LogP contribution in [0.5, 0.6) is 0 Å². The Hall–Kier alpha value is -0.980. The molecule has 0 aromatic carbocycles. The Kier molecular flexibility index (Phi) is 5.75. The fourth-order valence-electron chi connectivity index (χ4n) is 2.01. The van der Waals surface area contributed by atoms with Crippen LogP contribution in [0.3, 0.4) is 0 Å². The van der Waals surface area contributed by atoms with E-state index >= 15 is 0 Å². The van der Waals surface area contributed by atoms with Crippen molar-refractivity contribution in [3.05, 3.63) is 16.1 Å². The van der Waals surface area contributed by atoms with Gasteiger partial charge in [0.2, 0.25) is 5.91 Å². The minimum absolute atomic E-state index is 0.0235. The minimum atomic E-state index is 0.0235. The molecule has 2 heterocycles. The number of rotatable bonds is 6. The van der Waals surface area contributed by atoms with E-state index in [1.807, 2.05) is 6.92 Å². The molecule has 1 aromatic heterocycles. The second-order valence-electron chi connectivity index (χ2n) is 4.74. The molecular weight excluding hydrogens is 262 g/mol. The summed E-state index contributed by atoms with van der Waals surface area (Å²) in [4.78, 5) is 16.1. The summed E-state index contributed by atoms with van der Waals surface area (Å²) in [6.45, 7) is 5.05. The predicted molar refractivity (Wildman–Crippen MR) is 75.4 cm³/mol. The Morgan fingerprint density at radius 3 is 3.26 bits per heavy atom. The molecule has 6 heteroatoms. The Balaban J connectivity index is 1.56. The van der Waals surface area contributed by atoms with Crippen molar-refractivity contribution in [2.45, 2.75) is 32.3 Å². The highest BCUT2D eigenvalue weighted by Gasteiger charge is 2.16. The van der Waals surface area contributed by atoms with Crippen molar-refractivity contribution < 1.29 is 9.53 Å². The van der Waals surface area contributed by atoms with Crippen LogP contribution in [0.1, 0.15) is 23.5 Å². The number of hydrogen-bond donors (Lipinski definition) is 2.